The average Bonchev–Trinajstić information content (AvgIpc) is 2.83. The Balaban J connectivity index is 2.46. The van der Waals surface area contributed by atoms with Crippen molar-refractivity contribution in [2.24, 2.45) is 0 Å². The summed E-state index contributed by atoms with van der Waals surface area (Å²) in [6.45, 7) is 4.72. The fraction of sp³-hybridized carbons (Fsp3) is 0.667. The second-order valence-corrected chi connectivity index (χ2v) is 6.49. The van der Waals surface area contributed by atoms with Gasteiger partial charge < -0.3 is 0 Å². The lowest BCUT2D eigenvalue weighted by Crippen LogP contribution is -2.34. The highest BCUT2D eigenvalue weighted by Crippen LogP contribution is 2.23. The predicted octanol–water partition coefficient (Wildman–Crippen LogP) is 1.45. The van der Waals surface area contributed by atoms with Crippen LogP contribution < -0.4 is 0 Å². The lowest BCUT2D eigenvalue weighted by atomic mass is 10.4. The van der Waals surface area contributed by atoms with Crippen molar-refractivity contribution in [3.63, 3.8) is 0 Å². The highest BCUT2D eigenvalue weighted by atomic mass is 79.9. The predicted molar refractivity (Wildman–Crippen MR) is 64.5 cm³/mol. The van der Waals surface area contributed by atoms with Gasteiger partial charge in [-0.05, 0) is 42.6 Å². The average molecular weight is 308 g/mol. The number of halogens is 1. The van der Waals surface area contributed by atoms with Gasteiger partial charge in [0.05, 0.1) is 15.9 Å². The first-order valence-corrected chi connectivity index (χ1v) is 7.36. The summed E-state index contributed by atoms with van der Waals surface area (Å²) in [5.74, 6) is 0. The molecule has 16 heavy (non-hydrogen) atoms. The topological polar surface area (TPSA) is 55.2 Å². The molecule has 0 aliphatic carbocycles. The highest BCUT2D eigenvalue weighted by Gasteiger charge is 2.29. The van der Waals surface area contributed by atoms with E-state index in [2.05, 4.69) is 21.0 Å². The van der Waals surface area contributed by atoms with Crippen LogP contribution in [0, 0.1) is 13.8 Å². The molecule has 2 heterocycles. The van der Waals surface area contributed by atoms with Gasteiger partial charge in [0.15, 0.2) is 0 Å². The molecule has 7 heteroatoms. The molecule has 0 unspecified atom stereocenters. The molecular weight excluding hydrogens is 294 g/mol. The van der Waals surface area contributed by atoms with Crippen molar-refractivity contribution < 1.29 is 8.42 Å². The second kappa shape index (κ2) is 4.12. The maximum atomic E-state index is 12.2. The lowest BCUT2D eigenvalue weighted by Gasteiger charge is -2.15. The molecule has 0 amide bonds. The third kappa shape index (κ3) is 1.80. The van der Waals surface area contributed by atoms with Crippen LogP contribution in [-0.2, 0) is 10.2 Å². The minimum absolute atomic E-state index is 0.596. The molecule has 1 aromatic rings. The van der Waals surface area contributed by atoms with E-state index in [0.29, 0.717) is 24.5 Å². The third-order valence-corrected chi connectivity index (χ3v) is 5.73. The first kappa shape index (κ1) is 12.1. The van der Waals surface area contributed by atoms with Crippen LogP contribution in [0.1, 0.15) is 24.2 Å². The summed E-state index contributed by atoms with van der Waals surface area (Å²) in [6.07, 6.45) is 1.86. The van der Waals surface area contributed by atoms with E-state index in [0.717, 1.165) is 21.4 Å². The molecule has 1 aliphatic rings. The van der Waals surface area contributed by atoms with Crippen LogP contribution in [0.2, 0.25) is 0 Å². The maximum Gasteiger partial charge on any atom is 0.323 e. The highest BCUT2D eigenvalue weighted by molar-refractivity contribution is 9.10. The van der Waals surface area contributed by atoms with Crippen LogP contribution >= 0.6 is 15.9 Å². The number of hydrogen-bond donors (Lipinski definition) is 0. The summed E-state index contributed by atoms with van der Waals surface area (Å²) < 4.78 is 27.8. The van der Waals surface area contributed by atoms with E-state index in [-0.39, 0.29) is 0 Å². The normalized spacial score (nSPS) is 18.2. The van der Waals surface area contributed by atoms with Gasteiger partial charge in [0, 0.05) is 13.1 Å². The molecule has 1 fully saturated rings. The lowest BCUT2D eigenvalue weighted by molar-refractivity contribution is 0.462. The molecule has 1 aliphatic heterocycles. The Morgan fingerprint density at radius 2 is 1.81 bits per heavy atom. The van der Waals surface area contributed by atoms with Crippen molar-refractivity contribution in [3.05, 3.63) is 15.9 Å². The Morgan fingerprint density at radius 3 is 2.25 bits per heavy atom. The molecule has 0 atom stereocenters. The van der Waals surface area contributed by atoms with Crippen molar-refractivity contribution in [3.8, 4) is 0 Å². The first-order valence-electron chi connectivity index (χ1n) is 5.17. The van der Waals surface area contributed by atoms with Gasteiger partial charge in [-0.1, -0.05) is 0 Å². The molecule has 1 aromatic heterocycles. The molecular formula is C9H14BrN3O2S. The van der Waals surface area contributed by atoms with Gasteiger partial charge >= 0.3 is 10.2 Å². The van der Waals surface area contributed by atoms with Gasteiger partial charge in [0.1, 0.15) is 0 Å². The number of aromatic nitrogens is 2. The molecule has 90 valence electrons. The summed E-state index contributed by atoms with van der Waals surface area (Å²) in [5, 5.41) is 4.07. The molecule has 2 rings (SSSR count). The van der Waals surface area contributed by atoms with Gasteiger partial charge in [-0.2, -0.15) is 17.8 Å². The Kier molecular flexibility index (Phi) is 3.11. The van der Waals surface area contributed by atoms with E-state index >= 15 is 0 Å². The van der Waals surface area contributed by atoms with Crippen molar-refractivity contribution in [1.29, 1.82) is 0 Å². The van der Waals surface area contributed by atoms with Crippen LogP contribution in [0.25, 0.3) is 0 Å². The third-order valence-electron chi connectivity index (χ3n) is 2.77. The van der Waals surface area contributed by atoms with E-state index < -0.39 is 10.2 Å². The van der Waals surface area contributed by atoms with E-state index in [1.165, 1.54) is 4.31 Å². The first-order chi connectivity index (χ1) is 7.44. The molecule has 1 saturated heterocycles. The van der Waals surface area contributed by atoms with E-state index in [1.54, 1.807) is 13.8 Å². The summed E-state index contributed by atoms with van der Waals surface area (Å²) in [4.78, 5) is 0. The molecule has 0 saturated carbocycles. The van der Waals surface area contributed by atoms with Gasteiger partial charge in [0.25, 0.3) is 0 Å². The minimum Gasteiger partial charge on any atom is -0.187 e. The van der Waals surface area contributed by atoms with E-state index in [4.69, 9.17) is 0 Å². The zero-order valence-electron chi connectivity index (χ0n) is 9.27. The van der Waals surface area contributed by atoms with Crippen LogP contribution in [0.3, 0.4) is 0 Å². The van der Waals surface area contributed by atoms with Crippen molar-refractivity contribution in [1.82, 2.24) is 13.5 Å². The van der Waals surface area contributed by atoms with Gasteiger partial charge in [-0.25, -0.2) is 0 Å². The van der Waals surface area contributed by atoms with Crippen molar-refractivity contribution >= 4 is 26.1 Å². The minimum atomic E-state index is -3.46. The fourth-order valence-corrected chi connectivity index (χ4v) is 3.82. The quantitative estimate of drug-likeness (QED) is 0.831. The summed E-state index contributed by atoms with van der Waals surface area (Å²) in [5.41, 5.74) is 1.32. The number of nitrogens with zero attached hydrogens (tertiary/aromatic N) is 3. The molecule has 0 N–H and O–H groups in total. The molecule has 0 spiro atoms. The molecule has 0 radical (unpaired) electrons. The summed E-state index contributed by atoms with van der Waals surface area (Å²) in [7, 11) is -3.46. The van der Waals surface area contributed by atoms with Crippen LogP contribution in [0.15, 0.2) is 4.47 Å². The summed E-state index contributed by atoms with van der Waals surface area (Å²) >= 11 is 3.33. The fourth-order valence-electron chi connectivity index (χ4n) is 1.85. The van der Waals surface area contributed by atoms with Crippen molar-refractivity contribution in [2.75, 3.05) is 13.1 Å². The molecule has 0 bridgehead atoms. The monoisotopic (exact) mass is 307 g/mol. The zero-order valence-corrected chi connectivity index (χ0v) is 11.7. The summed E-state index contributed by atoms with van der Waals surface area (Å²) in [6, 6.07) is 0. The van der Waals surface area contributed by atoms with E-state index in [1.807, 2.05) is 0 Å². The zero-order chi connectivity index (χ0) is 11.9. The van der Waals surface area contributed by atoms with Crippen LogP contribution in [0.4, 0.5) is 0 Å². The van der Waals surface area contributed by atoms with Gasteiger partial charge in [-0.3, -0.25) is 0 Å². The second-order valence-electron chi connectivity index (χ2n) is 3.94. The number of aryl methyl sites for hydroxylation is 1. The molecule has 0 aromatic carbocycles. The van der Waals surface area contributed by atoms with Crippen LogP contribution in [0.5, 0.6) is 0 Å². The molecule has 5 nitrogen and oxygen atoms in total. The largest absolute Gasteiger partial charge is 0.323 e. The smallest absolute Gasteiger partial charge is 0.187 e. The van der Waals surface area contributed by atoms with Crippen molar-refractivity contribution in [2.45, 2.75) is 26.7 Å². The van der Waals surface area contributed by atoms with Gasteiger partial charge in [-0.15, -0.1) is 4.09 Å². The number of rotatable bonds is 2. The van der Waals surface area contributed by atoms with E-state index in [9.17, 15) is 8.42 Å². The van der Waals surface area contributed by atoms with Gasteiger partial charge in [0.2, 0.25) is 0 Å². The SMILES string of the molecule is Cc1nn(S(=O)(=O)N2CCCC2)c(C)c1Br. The Bertz CT molecular complexity index is 503. The Labute approximate surface area is 104 Å². The van der Waals surface area contributed by atoms with Crippen LogP contribution in [-0.4, -0.2) is 35.0 Å². The Hall–Kier alpha value is -0.400. The standard InChI is InChI=1S/C9H14BrN3O2S/c1-7-9(10)8(2)13(11-7)16(14,15)12-5-3-4-6-12/h3-6H2,1-2H3. The Morgan fingerprint density at radius 1 is 1.25 bits per heavy atom. The number of hydrogen-bond acceptors (Lipinski definition) is 3. The maximum absolute atomic E-state index is 12.2.